The van der Waals surface area contributed by atoms with Crippen LogP contribution < -0.4 is 5.73 Å². The van der Waals surface area contributed by atoms with Crippen molar-refractivity contribution >= 4 is 5.95 Å². The molecule has 0 unspecified atom stereocenters. The number of anilines is 1. The zero-order valence-corrected chi connectivity index (χ0v) is 13.0. The van der Waals surface area contributed by atoms with Crippen molar-refractivity contribution in [3.05, 3.63) is 59.5 Å². The van der Waals surface area contributed by atoms with Gasteiger partial charge in [-0.15, -0.1) is 0 Å². The smallest absolute Gasteiger partial charge is 0.368 e. The number of alkyl halides is 3. The third-order valence-electron chi connectivity index (χ3n) is 3.44. The molecule has 0 spiro atoms. The third kappa shape index (κ3) is 3.61. The van der Waals surface area contributed by atoms with Crippen molar-refractivity contribution in [2.45, 2.75) is 6.18 Å². The van der Waals surface area contributed by atoms with Gasteiger partial charge in [0.1, 0.15) is 0 Å². The monoisotopic (exact) mass is 343 g/mol. The predicted octanol–water partition coefficient (Wildman–Crippen LogP) is 2.88. The maximum atomic E-state index is 12.7. The van der Waals surface area contributed by atoms with Crippen LogP contribution in [0.1, 0.15) is 16.7 Å². The second-order valence-electron chi connectivity index (χ2n) is 5.19. The average molecular weight is 343 g/mol. The molecule has 2 aromatic heterocycles. The first kappa shape index (κ1) is 16.5. The van der Waals surface area contributed by atoms with Crippen molar-refractivity contribution in [3.63, 3.8) is 0 Å². The summed E-state index contributed by atoms with van der Waals surface area (Å²) in [6, 6.07) is 4.87. The minimum Gasteiger partial charge on any atom is -0.368 e. The molecule has 2 N–H and O–H groups in total. The van der Waals surface area contributed by atoms with Gasteiger partial charge in [0.25, 0.3) is 0 Å². The number of rotatable bonds is 1. The Morgan fingerprint density at radius 2 is 1.64 bits per heavy atom. The molecule has 126 valence electrons. The lowest BCUT2D eigenvalue weighted by Crippen LogP contribution is -2.04. The lowest BCUT2D eigenvalue weighted by Gasteiger charge is -2.08. The fourth-order valence-electron chi connectivity index (χ4n) is 2.23. The molecule has 0 aliphatic carbocycles. The summed E-state index contributed by atoms with van der Waals surface area (Å²) >= 11 is 0. The fraction of sp³-hybridized carbons (Fsp3) is 0.118. The predicted molar refractivity (Wildman–Crippen MR) is 86.1 cm³/mol. The summed E-state index contributed by atoms with van der Waals surface area (Å²) in [5, 5.41) is 4.13. The SMILES string of the molecule is Cn1ncc(C#Cc2cnc(N)nc2)c1-c1ccc(C(F)(F)F)cc1. The van der Waals surface area contributed by atoms with Gasteiger partial charge in [-0.1, -0.05) is 24.0 Å². The van der Waals surface area contributed by atoms with Crippen molar-refractivity contribution in [1.29, 1.82) is 0 Å². The second-order valence-corrected chi connectivity index (χ2v) is 5.19. The molecule has 0 atom stereocenters. The quantitative estimate of drug-likeness (QED) is 0.690. The topological polar surface area (TPSA) is 69.6 Å². The number of halogens is 3. The number of nitrogens with zero attached hydrogens (tertiary/aromatic N) is 4. The molecule has 0 amide bonds. The number of hydrogen-bond donors (Lipinski definition) is 1. The van der Waals surface area contributed by atoms with Gasteiger partial charge < -0.3 is 5.73 Å². The van der Waals surface area contributed by atoms with Crippen molar-refractivity contribution in [2.75, 3.05) is 5.73 Å². The average Bonchev–Trinajstić information content (AvgIpc) is 2.94. The molecular formula is C17H12F3N5. The Morgan fingerprint density at radius 3 is 2.24 bits per heavy atom. The van der Waals surface area contributed by atoms with Gasteiger partial charge in [0.15, 0.2) is 0 Å². The summed E-state index contributed by atoms with van der Waals surface area (Å²) in [6.07, 6.45) is 0.161. The molecule has 5 nitrogen and oxygen atoms in total. The van der Waals surface area contributed by atoms with Gasteiger partial charge in [-0.05, 0) is 12.1 Å². The number of nitrogens with two attached hydrogens (primary N) is 1. The normalized spacial score (nSPS) is 11.0. The van der Waals surface area contributed by atoms with E-state index in [0.29, 0.717) is 22.4 Å². The maximum Gasteiger partial charge on any atom is 0.416 e. The Morgan fingerprint density at radius 1 is 1.00 bits per heavy atom. The van der Waals surface area contributed by atoms with Crippen molar-refractivity contribution in [1.82, 2.24) is 19.7 Å². The summed E-state index contributed by atoms with van der Waals surface area (Å²) in [6.45, 7) is 0. The van der Waals surface area contributed by atoms with E-state index in [-0.39, 0.29) is 5.95 Å². The molecule has 0 aliphatic heterocycles. The highest BCUT2D eigenvalue weighted by Crippen LogP contribution is 2.31. The molecule has 0 radical (unpaired) electrons. The van der Waals surface area contributed by atoms with Crippen LogP contribution in [-0.4, -0.2) is 19.7 Å². The van der Waals surface area contributed by atoms with Crippen LogP contribution >= 0.6 is 0 Å². The number of hydrogen-bond acceptors (Lipinski definition) is 4. The largest absolute Gasteiger partial charge is 0.416 e. The summed E-state index contributed by atoms with van der Waals surface area (Å²) in [7, 11) is 1.70. The summed E-state index contributed by atoms with van der Waals surface area (Å²) in [5.74, 6) is 5.97. The third-order valence-corrected chi connectivity index (χ3v) is 3.44. The fourth-order valence-corrected chi connectivity index (χ4v) is 2.23. The molecule has 2 heterocycles. The highest BCUT2D eigenvalue weighted by atomic mass is 19.4. The molecule has 0 saturated carbocycles. The van der Waals surface area contributed by atoms with Crippen LogP contribution in [0.15, 0.2) is 42.9 Å². The van der Waals surface area contributed by atoms with Gasteiger partial charge in [0.05, 0.1) is 28.6 Å². The molecule has 3 rings (SSSR count). The van der Waals surface area contributed by atoms with E-state index in [4.69, 9.17) is 5.73 Å². The van der Waals surface area contributed by atoms with E-state index in [0.717, 1.165) is 12.1 Å². The lowest BCUT2D eigenvalue weighted by atomic mass is 10.1. The molecule has 8 heteroatoms. The summed E-state index contributed by atoms with van der Waals surface area (Å²) in [5.41, 5.74) is 7.07. The Kier molecular flexibility index (Phi) is 4.15. The molecule has 1 aromatic carbocycles. The van der Waals surface area contributed by atoms with Crippen molar-refractivity contribution < 1.29 is 13.2 Å². The highest BCUT2D eigenvalue weighted by Gasteiger charge is 2.30. The standard InChI is InChI=1S/C17H12F3N5/c1-25-15(12-4-6-14(7-5-12)17(18,19)20)13(10-24-25)3-2-11-8-22-16(21)23-9-11/h4-10H,1H3,(H2,21,22,23). The zero-order chi connectivity index (χ0) is 18.0. The van der Waals surface area contributed by atoms with Crippen LogP contribution in [0, 0.1) is 11.8 Å². The van der Waals surface area contributed by atoms with Crippen LogP contribution in [0.4, 0.5) is 19.1 Å². The molecule has 0 bridgehead atoms. The van der Waals surface area contributed by atoms with Gasteiger partial charge in [0, 0.05) is 25.0 Å². The Hall–Kier alpha value is -3.34. The van der Waals surface area contributed by atoms with Gasteiger partial charge in [-0.3, -0.25) is 4.68 Å². The Labute approximate surface area is 141 Å². The van der Waals surface area contributed by atoms with E-state index in [1.165, 1.54) is 24.5 Å². The first-order chi connectivity index (χ1) is 11.8. The summed E-state index contributed by atoms with van der Waals surface area (Å²) < 4.78 is 39.7. The van der Waals surface area contributed by atoms with E-state index in [2.05, 4.69) is 26.9 Å². The molecular weight excluding hydrogens is 331 g/mol. The number of aryl methyl sites for hydroxylation is 1. The molecule has 25 heavy (non-hydrogen) atoms. The molecule has 3 aromatic rings. The van der Waals surface area contributed by atoms with Crippen LogP contribution in [-0.2, 0) is 13.2 Å². The molecule has 0 saturated heterocycles. The van der Waals surface area contributed by atoms with Gasteiger partial charge >= 0.3 is 6.18 Å². The van der Waals surface area contributed by atoms with Crippen LogP contribution in [0.25, 0.3) is 11.3 Å². The van der Waals surface area contributed by atoms with E-state index in [9.17, 15) is 13.2 Å². The summed E-state index contributed by atoms with van der Waals surface area (Å²) in [4.78, 5) is 7.69. The minimum absolute atomic E-state index is 0.150. The molecule has 0 aliphatic rings. The Bertz CT molecular complexity index is 945. The number of aromatic nitrogens is 4. The van der Waals surface area contributed by atoms with Crippen molar-refractivity contribution in [3.8, 4) is 23.1 Å². The van der Waals surface area contributed by atoms with Crippen LogP contribution in [0.5, 0.6) is 0 Å². The maximum absolute atomic E-state index is 12.7. The van der Waals surface area contributed by atoms with E-state index < -0.39 is 11.7 Å². The van der Waals surface area contributed by atoms with Crippen LogP contribution in [0.3, 0.4) is 0 Å². The zero-order valence-electron chi connectivity index (χ0n) is 13.0. The van der Waals surface area contributed by atoms with Gasteiger partial charge in [-0.25, -0.2) is 9.97 Å². The first-order valence-corrected chi connectivity index (χ1v) is 7.14. The highest BCUT2D eigenvalue weighted by molar-refractivity contribution is 5.68. The van der Waals surface area contributed by atoms with Crippen molar-refractivity contribution in [2.24, 2.45) is 7.05 Å². The van der Waals surface area contributed by atoms with Crippen LogP contribution in [0.2, 0.25) is 0 Å². The number of nitrogen functional groups attached to an aromatic ring is 1. The second kappa shape index (κ2) is 6.28. The van der Waals surface area contributed by atoms with E-state index in [1.807, 2.05) is 0 Å². The van der Waals surface area contributed by atoms with E-state index >= 15 is 0 Å². The van der Waals surface area contributed by atoms with E-state index in [1.54, 1.807) is 17.9 Å². The first-order valence-electron chi connectivity index (χ1n) is 7.14. The van der Waals surface area contributed by atoms with Gasteiger partial charge in [-0.2, -0.15) is 18.3 Å². The lowest BCUT2D eigenvalue weighted by molar-refractivity contribution is -0.137. The minimum atomic E-state index is -4.37. The molecule has 0 fully saturated rings. The van der Waals surface area contributed by atoms with Gasteiger partial charge in [0.2, 0.25) is 5.95 Å². The Balaban J connectivity index is 1.96. The number of benzene rings is 1.